The Balaban J connectivity index is 2.08. The van der Waals surface area contributed by atoms with Gasteiger partial charge in [0.1, 0.15) is 0 Å². The molecule has 0 spiro atoms. The van der Waals surface area contributed by atoms with Gasteiger partial charge in [0.15, 0.2) is 0 Å². The summed E-state index contributed by atoms with van der Waals surface area (Å²) in [7, 11) is 1.72. The maximum absolute atomic E-state index is 5.20. The van der Waals surface area contributed by atoms with Crippen LogP contribution in [0.1, 0.15) is 16.8 Å². The van der Waals surface area contributed by atoms with Crippen LogP contribution < -0.4 is 5.32 Å². The summed E-state index contributed by atoms with van der Waals surface area (Å²) < 4.78 is 5.20. The highest BCUT2D eigenvalue weighted by Crippen LogP contribution is 2.15. The third-order valence-corrected chi connectivity index (χ3v) is 2.89. The van der Waals surface area contributed by atoms with Crippen LogP contribution in [0.2, 0.25) is 0 Å². The van der Waals surface area contributed by atoms with E-state index in [1.165, 1.54) is 11.1 Å². The summed E-state index contributed by atoms with van der Waals surface area (Å²) >= 11 is 0. The van der Waals surface area contributed by atoms with Crippen LogP contribution in [0.4, 0.5) is 5.69 Å². The van der Waals surface area contributed by atoms with Gasteiger partial charge in [-0.25, -0.2) is 0 Å². The van der Waals surface area contributed by atoms with Crippen LogP contribution in [0, 0.1) is 6.92 Å². The predicted octanol–water partition coefficient (Wildman–Crippen LogP) is 3.15. The number of benzene rings is 1. The van der Waals surface area contributed by atoms with Crippen LogP contribution in [0.5, 0.6) is 0 Å². The van der Waals surface area contributed by atoms with Crippen LogP contribution in [0.15, 0.2) is 42.6 Å². The van der Waals surface area contributed by atoms with Gasteiger partial charge in [0.25, 0.3) is 0 Å². The Bertz CT molecular complexity index is 511. The zero-order valence-corrected chi connectivity index (χ0v) is 10.8. The van der Waals surface area contributed by atoms with Gasteiger partial charge in [-0.15, -0.1) is 0 Å². The molecule has 2 aromatic rings. The number of aromatic nitrogens is 1. The van der Waals surface area contributed by atoms with Crippen molar-refractivity contribution in [2.75, 3.05) is 12.4 Å². The molecule has 3 heteroatoms. The first-order valence-corrected chi connectivity index (χ1v) is 6.02. The molecule has 2 rings (SSSR count). The van der Waals surface area contributed by atoms with E-state index < -0.39 is 0 Å². The van der Waals surface area contributed by atoms with Crippen molar-refractivity contribution in [2.45, 2.75) is 20.1 Å². The van der Waals surface area contributed by atoms with Gasteiger partial charge in [-0.05, 0) is 30.2 Å². The Morgan fingerprint density at radius 1 is 1.11 bits per heavy atom. The van der Waals surface area contributed by atoms with Crippen LogP contribution in [0.3, 0.4) is 0 Å². The van der Waals surface area contributed by atoms with Crippen molar-refractivity contribution in [3.05, 3.63) is 59.4 Å². The highest BCUT2D eigenvalue weighted by atomic mass is 16.5. The number of pyridine rings is 1. The topological polar surface area (TPSA) is 34.1 Å². The fourth-order valence-electron chi connectivity index (χ4n) is 1.89. The van der Waals surface area contributed by atoms with Gasteiger partial charge in [0.05, 0.1) is 18.0 Å². The minimum Gasteiger partial charge on any atom is -0.380 e. The summed E-state index contributed by atoms with van der Waals surface area (Å²) in [6.07, 6.45) is 1.80. The van der Waals surface area contributed by atoms with Gasteiger partial charge in [0, 0.05) is 19.9 Å². The number of methoxy groups -OCH3 is 1. The lowest BCUT2D eigenvalue weighted by Crippen LogP contribution is -2.05. The summed E-state index contributed by atoms with van der Waals surface area (Å²) in [4.78, 5) is 4.26. The van der Waals surface area contributed by atoms with Crippen molar-refractivity contribution >= 4 is 5.69 Å². The van der Waals surface area contributed by atoms with Crippen molar-refractivity contribution in [3.63, 3.8) is 0 Å². The molecular formula is C15H18N2O. The Hall–Kier alpha value is -1.87. The molecule has 0 atom stereocenters. The van der Waals surface area contributed by atoms with Gasteiger partial charge < -0.3 is 10.1 Å². The number of ether oxygens (including phenoxy) is 1. The summed E-state index contributed by atoms with van der Waals surface area (Å²) in [5.74, 6) is 0. The number of anilines is 1. The van der Waals surface area contributed by atoms with E-state index in [9.17, 15) is 0 Å². The molecule has 0 aliphatic rings. The van der Waals surface area contributed by atoms with Crippen LogP contribution >= 0.6 is 0 Å². The predicted molar refractivity (Wildman–Crippen MR) is 73.5 cm³/mol. The standard InChI is InChI=1S/C15H18N2O/c1-12-15(8-5-9-16-12)17-10-13-6-3-4-7-14(13)11-18-2/h3-9,17H,10-11H2,1-2H3. The lowest BCUT2D eigenvalue weighted by atomic mass is 10.1. The van der Waals surface area contributed by atoms with Crippen LogP contribution in [0.25, 0.3) is 0 Å². The zero-order valence-electron chi connectivity index (χ0n) is 10.8. The van der Waals surface area contributed by atoms with E-state index in [2.05, 4.69) is 22.4 Å². The molecule has 0 radical (unpaired) electrons. The summed E-state index contributed by atoms with van der Waals surface area (Å²) in [6.45, 7) is 3.43. The Morgan fingerprint density at radius 2 is 1.89 bits per heavy atom. The van der Waals surface area contributed by atoms with E-state index in [-0.39, 0.29) is 0 Å². The molecule has 94 valence electrons. The summed E-state index contributed by atoms with van der Waals surface area (Å²) in [5, 5.41) is 3.41. The fraction of sp³-hybridized carbons (Fsp3) is 0.267. The Labute approximate surface area is 108 Å². The average molecular weight is 242 g/mol. The van der Waals surface area contributed by atoms with E-state index in [0.29, 0.717) is 6.61 Å². The Kier molecular flexibility index (Phi) is 4.31. The van der Waals surface area contributed by atoms with Crippen molar-refractivity contribution < 1.29 is 4.74 Å². The zero-order chi connectivity index (χ0) is 12.8. The van der Waals surface area contributed by atoms with Gasteiger partial charge in [-0.2, -0.15) is 0 Å². The molecule has 1 aromatic carbocycles. The molecule has 0 fully saturated rings. The van der Waals surface area contributed by atoms with E-state index in [4.69, 9.17) is 4.74 Å². The molecule has 0 amide bonds. The molecule has 0 aliphatic carbocycles. The molecule has 1 aromatic heterocycles. The highest BCUT2D eigenvalue weighted by Gasteiger charge is 2.02. The van der Waals surface area contributed by atoms with E-state index in [0.717, 1.165) is 17.9 Å². The lowest BCUT2D eigenvalue weighted by Gasteiger charge is -2.12. The molecule has 0 saturated carbocycles. The number of hydrogen-bond donors (Lipinski definition) is 1. The Morgan fingerprint density at radius 3 is 2.61 bits per heavy atom. The normalized spacial score (nSPS) is 10.3. The quantitative estimate of drug-likeness (QED) is 0.874. The number of hydrogen-bond acceptors (Lipinski definition) is 3. The first-order valence-electron chi connectivity index (χ1n) is 6.02. The van der Waals surface area contributed by atoms with Crippen LogP contribution in [-0.2, 0) is 17.9 Å². The lowest BCUT2D eigenvalue weighted by molar-refractivity contribution is 0.184. The molecular weight excluding hydrogens is 224 g/mol. The van der Waals surface area contributed by atoms with Gasteiger partial charge in [-0.1, -0.05) is 24.3 Å². The first kappa shape index (κ1) is 12.6. The van der Waals surface area contributed by atoms with E-state index in [1.807, 2.05) is 31.2 Å². The molecule has 1 N–H and O–H groups in total. The van der Waals surface area contributed by atoms with Crippen molar-refractivity contribution in [1.82, 2.24) is 4.98 Å². The number of aryl methyl sites for hydroxylation is 1. The highest BCUT2D eigenvalue weighted by molar-refractivity contribution is 5.47. The monoisotopic (exact) mass is 242 g/mol. The maximum Gasteiger partial charge on any atom is 0.0716 e. The molecule has 0 aliphatic heterocycles. The molecule has 0 bridgehead atoms. The third kappa shape index (κ3) is 3.08. The third-order valence-electron chi connectivity index (χ3n) is 2.89. The summed E-state index contributed by atoms with van der Waals surface area (Å²) in [6, 6.07) is 12.3. The van der Waals surface area contributed by atoms with Crippen molar-refractivity contribution in [3.8, 4) is 0 Å². The second kappa shape index (κ2) is 6.17. The SMILES string of the molecule is COCc1ccccc1CNc1cccnc1C. The minimum absolute atomic E-state index is 0.643. The maximum atomic E-state index is 5.20. The molecule has 3 nitrogen and oxygen atoms in total. The fourth-order valence-corrected chi connectivity index (χ4v) is 1.89. The average Bonchev–Trinajstić information content (AvgIpc) is 2.40. The van der Waals surface area contributed by atoms with Gasteiger partial charge >= 0.3 is 0 Å². The smallest absolute Gasteiger partial charge is 0.0716 e. The number of nitrogens with one attached hydrogen (secondary N) is 1. The van der Waals surface area contributed by atoms with E-state index >= 15 is 0 Å². The van der Waals surface area contributed by atoms with Crippen molar-refractivity contribution in [2.24, 2.45) is 0 Å². The van der Waals surface area contributed by atoms with Crippen molar-refractivity contribution in [1.29, 1.82) is 0 Å². The molecule has 0 unspecified atom stereocenters. The summed E-state index contributed by atoms with van der Waals surface area (Å²) in [5.41, 5.74) is 4.56. The largest absolute Gasteiger partial charge is 0.380 e. The second-order valence-corrected chi connectivity index (χ2v) is 4.19. The number of rotatable bonds is 5. The van der Waals surface area contributed by atoms with E-state index in [1.54, 1.807) is 13.3 Å². The molecule has 0 saturated heterocycles. The van der Waals surface area contributed by atoms with Gasteiger partial charge in [-0.3, -0.25) is 4.98 Å². The number of nitrogens with zero attached hydrogens (tertiary/aromatic N) is 1. The minimum atomic E-state index is 0.643. The van der Waals surface area contributed by atoms with Crippen LogP contribution in [-0.4, -0.2) is 12.1 Å². The first-order chi connectivity index (χ1) is 8.81. The molecule has 18 heavy (non-hydrogen) atoms. The molecule has 1 heterocycles. The second-order valence-electron chi connectivity index (χ2n) is 4.19. The van der Waals surface area contributed by atoms with Gasteiger partial charge in [0.2, 0.25) is 0 Å².